The predicted molar refractivity (Wildman–Crippen MR) is 113 cm³/mol. The molecular weight excluding hydrogens is 366 g/mol. The van der Waals surface area contributed by atoms with Crippen LogP contribution in [-0.2, 0) is 16.0 Å². The summed E-state index contributed by atoms with van der Waals surface area (Å²) < 4.78 is 5.39. The Hall–Kier alpha value is -2.73. The summed E-state index contributed by atoms with van der Waals surface area (Å²) in [5, 5.41) is 0. The number of carbonyl (C=O) groups is 2. The van der Waals surface area contributed by atoms with Crippen molar-refractivity contribution >= 4 is 17.6 Å². The minimum Gasteiger partial charge on any atom is -0.465 e. The zero-order valence-corrected chi connectivity index (χ0v) is 17.8. The van der Waals surface area contributed by atoms with Crippen molar-refractivity contribution in [1.82, 2.24) is 4.98 Å². The summed E-state index contributed by atoms with van der Waals surface area (Å²) in [5.41, 5.74) is 8.85. The van der Waals surface area contributed by atoms with Gasteiger partial charge in [0.15, 0.2) is 11.2 Å². The number of anilines is 1. The van der Waals surface area contributed by atoms with Gasteiger partial charge >= 0.3 is 5.97 Å². The standard InChI is InChI=1S/C23H29N3O3/c1-6-26(5)21-18(14(3)12-15(4)25-21)20(27)23(22(28)29-7-2)13-16-10-8-9-11-17(16)19(23)24/h8-12,19H,6-7,13,24H2,1-5H3. The highest BCUT2D eigenvalue weighted by molar-refractivity contribution is 6.17. The van der Waals surface area contributed by atoms with E-state index in [2.05, 4.69) is 4.98 Å². The molecule has 0 spiro atoms. The largest absolute Gasteiger partial charge is 0.465 e. The van der Waals surface area contributed by atoms with E-state index < -0.39 is 17.4 Å². The fourth-order valence-electron chi connectivity index (χ4n) is 4.19. The Morgan fingerprint density at radius 3 is 2.59 bits per heavy atom. The number of rotatable bonds is 6. The molecule has 2 atom stereocenters. The molecule has 1 heterocycles. The first kappa shape index (κ1) is 21.0. The highest BCUT2D eigenvalue weighted by atomic mass is 16.5. The molecule has 1 aliphatic carbocycles. The smallest absolute Gasteiger partial charge is 0.322 e. The van der Waals surface area contributed by atoms with E-state index in [1.54, 1.807) is 6.92 Å². The van der Waals surface area contributed by atoms with E-state index in [4.69, 9.17) is 10.5 Å². The molecule has 154 valence electrons. The number of benzene rings is 1. The average molecular weight is 396 g/mol. The van der Waals surface area contributed by atoms with Crippen molar-refractivity contribution in [2.24, 2.45) is 11.1 Å². The van der Waals surface area contributed by atoms with E-state index in [1.807, 2.05) is 63.1 Å². The predicted octanol–water partition coefficient (Wildman–Crippen LogP) is 3.14. The van der Waals surface area contributed by atoms with Crippen LogP contribution in [0.5, 0.6) is 0 Å². The maximum atomic E-state index is 14.1. The molecule has 0 amide bonds. The molecule has 6 nitrogen and oxygen atoms in total. The van der Waals surface area contributed by atoms with Crippen LogP contribution in [0.1, 0.15) is 52.6 Å². The number of ketones is 1. The summed E-state index contributed by atoms with van der Waals surface area (Å²) in [4.78, 5) is 33.9. The normalized spacial score (nSPS) is 20.3. The number of hydrogen-bond donors (Lipinski definition) is 1. The number of esters is 1. The van der Waals surface area contributed by atoms with Gasteiger partial charge in [-0.15, -0.1) is 0 Å². The zero-order valence-electron chi connectivity index (χ0n) is 17.8. The molecule has 0 fully saturated rings. The number of hydrogen-bond acceptors (Lipinski definition) is 6. The molecule has 2 N–H and O–H groups in total. The lowest BCUT2D eigenvalue weighted by molar-refractivity contribution is -0.153. The zero-order chi connectivity index (χ0) is 21.3. The Balaban J connectivity index is 2.23. The van der Waals surface area contributed by atoms with Gasteiger partial charge in [-0.05, 0) is 56.9 Å². The highest BCUT2D eigenvalue weighted by Crippen LogP contribution is 2.48. The van der Waals surface area contributed by atoms with Crippen LogP contribution >= 0.6 is 0 Å². The van der Waals surface area contributed by atoms with Crippen molar-refractivity contribution in [1.29, 1.82) is 0 Å². The quantitative estimate of drug-likeness (QED) is 0.459. The van der Waals surface area contributed by atoms with Gasteiger partial charge in [0.05, 0.1) is 18.2 Å². The van der Waals surface area contributed by atoms with E-state index in [1.165, 1.54) is 0 Å². The van der Waals surface area contributed by atoms with Crippen molar-refractivity contribution in [3.8, 4) is 0 Å². The monoisotopic (exact) mass is 395 g/mol. The van der Waals surface area contributed by atoms with Gasteiger partial charge in [-0.3, -0.25) is 9.59 Å². The van der Waals surface area contributed by atoms with Gasteiger partial charge in [0, 0.05) is 19.3 Å². The van der Waals surface area contributed by atoms with Crippen molar-refractivity contribution in [2.75, 3.05) is 25.1 Å². The number of Topliss-reactive ketones (excluding diaryl/α,β-unsaturated/α-hetero) is 1. The van der Waals surface area contributed by atoms with Crippen LogP contribution in [0.4, 0.5) is 5.82 Å². The SMILES string of the molecule is CCOC(=O)C1(C(=O)c2c(C)cc(C)nc2N(C)CC)Cc2ccccc2C1N. The summed E-state index contributed by atoms with van der Waals surface area (Å²) in [6.07, 6.45) is 0.227. The molecule has 0 saturated heterocycles. The number of aromatic nitrogens is 1. The molecule has 1 aromatic carbocycles. The molecule has 3 rings (SSSR count). The summed E-state index contributed by atoms with van der Waals surface area (Å²) in [6.45, 7) is 8.36. The van der Waals surface area contributed by atoms with Crippen LogP contribution in [0, 0.1) is 19.3 Å². The van der Waals surface area contributed by atoms with Crippen LogP contribution in [0.15, 0.2) is 30.3 Å². The maximum Gasteiger partial charge on any atom is 0.322 e. The number of nitrogens with zero attached hydrogens (tertiary/aromatic N) is 2. The average Bonchev–Trinajstić information content (AvgIpc) is 3.00. The number of carbonyl (C=O) groups excluding carboxylic acids is 2. The second kappa shape index (κ2) is 7.95. The van der Waals surface area contributed by atoms with Gasteiger partial charge in [0.1, 0.15) is 5.82 Å². The molecule has 0 aliphatic heterocycles. The van der Waals surface area contributed by atoms with Gasteiger partial charge in [0.25, 0.3) is 0 Å². The Kier molecular flexibility index (Phi) is 5.75. The van der Waals surface area contributed by atoms with Crippen LogP contribution < -0.4 is 10.6 Å². The maximum absolute atomic E-state index is 14.1. The molecule has 0 radical (unpaired) electrons. The summed E-state index contributed by atoms with van der Waals surface area (Å²) in [5.74, 6) is -0.319. The lowest BCUT2D eigenvalue weighted by Crippen LogP contribution is -2.48. The molecule has 1 aromatic heterocycles. The number of pyridine rings is 1. The lowest BCUT2D eigenvalue weighted by atomic mass is 9.73. The second-order valence-corrected chi connectivity index (χ2v) is 7.67. The number of nitrogens with two attached hydrogens (primary N) is 1. The van der Waals surface area contributed by atoms with Crippen molar-refractivity contribution in [3.05, 3.63) is 58.3 Å². The fraction of sp³-hybridized carbons (Fsp3) is 0.435. The minimum atomic E-state index is -1.50. The summed E-state index contributed by atoms with van der Waals surface area (Å²) in [7, 11) is 1.89. The van der Waals surface area contributed by atoms with Crippen LogP contribution in [-0.4, -0.2) is 36.9 Å². The Bertz CT molecular complexity index is 956. The van der Waals surface area contributed by atoms with E-state index in [9.17, 15) is 9.59 Å². The highest BCUT2D eigenvalue weighted by Gasteiger charge is 2.57. The Morgan fingerprint density at radius 2 is 1.97 bits per heavy atom. The van der Waals surface area contributed by atoms with Gasteiger partial charge in [-0.2, -0.15) is 0 Å². The fourth-order valence-corrected chi connectivity index (χ4v) is 4.19. The molecule has 2 unspecified atom stereocenters. The van der Waals surface area contributed by atoms with E-state index in [0.717, 1.165) is 22.4 Å². The first-order valence-electron chi connectivity index (χ1n) is 10.0. The van der Waals surface area contributed by atoms with Crippen molar-refractivity contribution in [3.63, 3.8) is 0 Å². The Morgan fingerprint density at radius 1 is 1.28 bits per heavy atom. The molecule has 2 aromatic rings. The van der Waals surface area contributed by atoms with Crippen LogP contribution in [0.25, 0.3) is 0 Å². The van der Waals surface area contributed by atoms with E-state index in [-0.39, 0.29) is 18.8 Å². The van der Waals surface area contributed by atoms with Crippen molar-refractivity contribution < 1.29 is 14.3 Å². The third-order valence-electron chi connectivity index (χ3n) is 5.82. The van der Waals surface area contributed by atoms with Crippen LogP contribution in [0.2, 0.25) is 0 Å². The third kappa shape index (κ3) is 3.31. The van der Waals surface area contributed by atoms with Gasteiger partial charge in [-0.25, -0.2) is 4.98 Å². The third-order valence-corrected chi connectivity index (χ3v) is 5.82. The second-order valence-electron chi connectivity index (χ2n) is 7.67. The molecular formula is C23H29N3O3. The first-order valence-corrected chi connectivity index (χ1v) is 10.0. The molecule has 1 aliphatic rings. The lowest BCUT2D eigenvalue weighted by Gasteiger charge is -2.32. The summed E-state index contributed by atoms with van der Waals surface area (Å²) in [6, 6.07) is 8.67. The van der Waals surface area contributed by atoms with Gasteiger partial charge in [0.2, 0.25) is 0 Å². The first-order chi connectivity index (χ1) is 13.8. The molecule has 0 saturated carbocycles. The van der Waals surface area contributed by atoms with Gasteiger partial charge in [-0.1, -0.05) is 24.3 Å². The van der Waals surface area contributed by atoms with E-state index >= 15 is 0 Å². The topological polar surface area (TPSA) is 85.5 Å². The minimum absolute atomic E-state index is 0.184. The number of ether oxygens (including phenoxy) is 1. The summed E-state index contributed by atoms with van der Waals surface area (Å²) >= 11 is 0. The van der Waals surface area contributed by atoms with E-state index in [0.29, 0.717) is 17.9 Å². The van der Waals surface area contributed by atoms with Crippen LogP contribution in [0.3, 0.4) is 0 Å². The molecule has 6 heteroatoms. The Labute approximate surface area is 172 Å². The molecule has 29 heavy (non-hydrogen) atoms. The van der Waals surface area contributed by atoms with Crippen molar-refractivity contribution in [2.45, 2.75) is 40.2 Å². The van der Waals surface area contributed by atoms with Gasteiger partial charge < -0.3 is 15.4 Å². The number of aryl methyl sites for hydroxylation is 2. The number of fused-ring (bicyclic) bond motifs is 1. The molecule has 0 bridgehead atoms.